The second kappa shape index (κ2) is 8.37. The summed E-state index contributed by atoms with van der Waals surface area (Å²) in [5.74, 6) is -0.397. The van der Waals surface area contributed by atoms with Gasteiger partial charge in [-0.15, -0.1) is 0 Å². The van der Waals surface area contributed by atoms with Gasteiger partial charge in [-0.3, -0.25) is 0 Å². The van der Waals surface area contributed by atoms with Gasteiger partial charge in [-0.2, -0.15) is 8.42 Å². The summed E-state index contributed by atoms with van der Waals surface area (Å²) in [6, 6.07) is 19.4. The topological polar surface area (TPSA) is 82.0 Å². The van der Waals surface area contributed by atoms with Crippen molar-refractivity contribution >= 4 is 39.7 Å². The number of cyclic esters (lactones) is 1. The number of halogens is 1. The van der Waals surface area contributed by atoms with E-state index in [2.05, 4.69) is 4.99 Å². The van der Waals surface area contributed by atoms with Crippen LogP contribution in [0.4, 0.5) is 0 Å². The van der Waals surface area contributed by atoms with Crippen LogP contribution in [0.2, 0.25) is 5.02 Å². The minimum Gasteiger partial charge on any atom is -0.402 e. The van der Waals surface area contributed by atoms with E-state index in [0.29, 0.717) is 16.1 Å². The maximum absolute atomic E-state index is 12.6. The molecule has 0 radical (unpaired) electrons. The van der Waals surface area contributed by atoms with E-state index in [-0.39, 0.29) is 22.2 Å². The average Bonchev–Trinajstić information content (AvgIpc) is 3.10. The number of aryl methyl sites for hydroxylation is 1. The lowest BCUT2D eigenvalue weighted by Crippen LogP contribution is -2.10. The van der Waals surface area contributed by atoms with Gasteiger partial charge >= 0.3 is 16.1 Å². The van der Waals surface area contributed by atoms with E-state index in [9.17, 15) is 13.2 Å². The van der Waals surface area contributed by atoms with Crippen LogP contribution < -0.4 is 4.18 Å². The monoisotopic (exact) mass is 453 g/mol. The number of ether oxygens (including phenoxy) is 1. The first-order chi connectivity index (χ1) is 14.8. The second-order valence-corrected chi connectivity index (χ2v) is 8.71. The van der Waals surface area contributed by atoms with E-state index in [1.54, 1.807) is 30.3 Å². The summed E-state index contributed by atoms with van der Waals surface area (Å²) < 4.78 is 35.8. The molecule has 0 aliphatic carbocycles. The third-order valence-corrected chi connectivity index (χ3v) is 5.93. The molecule has 0 unspecified atom stereocenters. The van der Waals surface area contributed by atoms with Crippen molar-refractivity contribution in [2.24, 2.45) is 4.99 Å². The Morgan fingerprint density at radius 3 is 2.35 bits per heavy atom. The minimum atomic E-state index is -4.10. The Morgan fingerprint density at radius 2 is 1.65 bits per heavy atom. The van der Waals surface area contributed by atoms with E-state index in [1.165, 1.54) is 36.4 Å². The number of esters is 1. The summed E-state index contributed by atoms with van der Waals surface area (Å²) in [4.78, 5) is 16.5. The molecule has 156 valence electrons. The Balaban J connectivity index is 1.65. The van der Waals surface area contributed by atoms with Gasteiger partial charge in [0.05, 0.1) is 0 Å². The van der Waals surface area contributed by atoms with Gasteiger partial charge in [0.15, 0.2) is 5.70 Å². The van der Waals surface area contributed by atoms with Crippen molar-refractivity contribution in [2.75, 3.05) is 0 Å². The summed E-state index contributed by atoms with van der Waals surface area (Å²) in [5.41, 5.74) is 2.13. The van der Waals surface area contributed by atoms with Gasteiger partial charge in [-0.05, 0) is 55.5 Å². The Morgan fingerprint density at radius 1 is 0.968 bits per heavy atom. The number of benzene rings is 3. The molecular formula is C23H16ClNO5S. The molecule has 0 fully saturated rings. The lowest BCUT2D eigenvalue weighted by Gasteiger charge is -2.09. The van der Waals surface area contributed by atoms with Crippen LogP contribution in [-0.4, -0.2) is 20.3 Å². The molecule has 0 atom stereocenters. The highest BCUT2D eigenvalue weighted by Crippen LogP contribution is 2.27. The van der Waals surface area contributed by atoms with E-state index < -0.39 is 16.1 Å². The predicted molar refractivity (Wildman–Crippen MR) is 117 cm³/mol. The van der Waals surface area contributed by atoms with Crippen LogP contribution in [0.5, 0.6) is 5.75 Å². The Hall–Kier alpha value is -3.42. The fraction of sp³-hybridized carbons (Fsp3) is 0.0435. The smallest absolute Gasteiger partial charge is 0.363 e. The minimum absolute atomic E-state index is 0.0375. The number of rotatable bonds is 5. The summed E-state index contributed by atoms with van der Waals surface area (Å²) in [7, 11) is -4.10. The summed E-state index contributed by atoms with van der Waals surface area (Å²) in [6.07, 6.45) is 1.43. The van der Waals surface area contributed by atoms with Crippen molar-refractivity contribution in [2.45, 2.75) is 11.8 Å². The molecule has 0 amide bonds. The van der Waals surface area contributed by atoms with Crippen LogP contribution in [0.15, 0.2) is 88.4 Å². The van der Waals surface area contributed by atoms with Crippen molar-refractivity contribution in [3.63, 3.8) is 0 Å². The largest absolute Gasteiger partial charge is 0.402 e. The van der Waals surface area contributed by atoms with Gasteiger partial charge < -0.3 is 8.92 Å². The van der Waals surface area contributed by atoms with Gasteiger partial charge in [0, 0.05) is 16.1 Å². The highest BCUT2D eigenvalue weighted by atomic mass is 35.5. The zero-order valence-electron chi connectivity index (χ0n) is 16.3. The van der Waals surface area contributed by atoms with Crippen molar-refractivity contribution in [3.05, 3.63) is 100 Å². The highest BCUT2D eigenvalue weighted by molar-refractivity contribution is 7.87. The standard InChI is InChI=1S/C23H16ClNO5S/c1-15-6-8-16(9-7-15)22-25-20(23(26)29-22)14-17-4-2-3-5-21(17)30-31(27,28)19-12-10-18(24)11-13-19/h2-14H,1H3. The maximum atomic E-state index is 12.6. The zero-order chi connectivity index (χ0) is 22.0. The van der Waals surface area contributed by atoms with Gasteiger partial charge in [0.2, 0.25) is 5.90 Å². The molecular weight excluding hydrogens is 438 g/mol. The number of para-hydroxylation sites is 1. The molecule has 0 spiro atoms. The molecule has 0 bridgehead atoms. The zero-order valence-corrected chi connectivity index (χ0v) is 17.9. The summed E-state index contributed by atoms with van der Waals surface area (Å²) in [6.45, 7) is 1.95. The molecule has 6 nitrogen and oxygen atoms in total. The number of hydrogen-bond donors (Lipinski definition) is 0. The third-order valence-electron chi connectivity index (χ3n) is 4.43. The van der Waals surface area contributed by atoms with Crippen molar-refractivity contribution < 1.29 is 22.1 Å². The van der Waals surface area contributed by atoms with E-state index >= 15 is 0 Å². The van der Waals surface area contributed by atoms with Gasteiger partial charge in [0.1, 0.15) is 10.6 Å². The fourth-order valence-corrected chi connectivity index (χ4v) is 3.90. The second-order valence-electron chi connectivity index (χ2n) is 6.73. The molecule has 1 aliphatic rings. The van der Waals surface area contributed by atoms with Crippen molar-refractivity contribution in [1.82, 2.24) is 0 Å². The van der Waals surface area contributed by atoms with E-state index in [4.69, 9.17) is 20.5 Å². The lowest BCUT2D eigenvalue weighted by atomic mass is 10.1. The average molecular weight is 454 g/mol. The molecule has 3 aromatic carbocycles. The lowest BCUT2D eigenvalue weighted by molar-refractivity contribution is -0.129. The molecule has 31 heavy (non-hydrogen) atoms. The van der Waals surface area contributed by atoms with Gasteiger partial charge in [0.25, 0.3) is 0 Å². The normalized spacial score (nSPS) is 15.0. The fourth-order valence-electron chi connectivity index (χ4n) is 2.82. The Kier molecular flexibility index (Phi) is 5.63. The van der Waals surface area contributed by atoms with Crippen LogP contribution >= 0.6 is 11.6 Å². The predicted octanol–water partition coefficient (Wildman–Crippen LogP) is 4.76. The molecule has 1 aliphatic heterocycles. The first-order valence-corrected chi connectivity index (χ1v) is 11.0. The molecule has 0 saturated heterocycles. The third kappa shape index (κ3) is 4.68. The van der Waals surface area contributed by atoms with Crippen LogP contribution in [0.25, 0.3) is 6.08 Å². The van der Waals surface area contributed by atoms with Crippen LogP contribution in [0, 0.1) is 6.92 Å². The number of carbonyl (C=O) groups excluding carboxylic acids is 1. The quantitative estimate of drug-likeness (QED) is 0.316. The molecule has 0 aromatic heterocycles. The summed E-state index contributed by atoms with van der Waals surface area (Å²) >= 11 is 5.82. The Bertz CT molecular complexity index is 1310. The molecule has 8 heteroatoms. The van der Waals surface area contributed by atoms with Crippen molar-refractivity contribution in [1.29, 1.82) is 0 Å². The number of aliphatic imine (C=N–C) groups is 1. The van der Waals surface area contributed by atoms with Gasteiger partial charge in [-0.25, -0.2) is 9.79 Å². The molecule has 1 heterocycles. The van der Waals surface area contributed by atoms with Crippen LogP contribution in [0.1, 0.15) is 16.7 Å². The first-order valence-electron chi connectivity index (χ1n) is 9.20. The first kappa shape index (κ1) is 20.8. The Labute approximate surface area is 184 Å². The van der Waals surface area contributed by atoms with Gasteiger partial charge in [-0.1, -0.05) is 47.5 Å². The molecule has 0 saturated carbocycles. The maximum Gasteiger partial charge on any atom is 0.363 e. The number of nitrogens with zero attached hydrogens (tertiary/aromatic N) is 1. The number of hydrogen-bond acceptors (Lipinski definition) is 6. The van der Waals surface area contributed by atoms with Crippen LogP contribution in [0.3, 0.4) is 0 Å². The highest BCUT2D eigenvalue weighted by Gasteiger charge is 2.25. The number of carbonyl (C=O) groups is 1. The molecule has 0 N–H and O–H groups in total. The molecule has 3 aromatic rings. The SMILES string of the molecule is Cc1ccc(C2=NC(=Cc3ccccc3OS(=O)(=O)c3ccc(Cl)cc3)C(=O)O2)cc1. The molecule has 4 rings (SSSR count). The van der Waals surface area contributed by atoms with Crippen LogP contribution in [-0.2, 0) is 19.6 Å². The van der Waals surface area contributed by atoms with E-state index in [0.717, 1.165) is 5.56 Å². The summed E-state index contributed by atoms with van der Waals surface area (Å²) in [5, 5.41) is 0.408. The van der Waals surface area contributed by atoms with Crippen molar-refractivity contribution in [3.8, 4) is 5.75 Å². The van der Waals surface area contributed by atoms with E-state index in [1.807, 2.05) is 19.1 Å².